The highest BCUT2D eigenvalue weighted by atomic mass is 35.5. The van der Waals surface area contributed by atoms with Crippen LogP contribution in [-0.2, 0) is 6.54 Å². The van der Waals surface area contributed by atoms with Gasteiger partial charge in [-0.1, -0.05) is 17.7 Å². The third-order valence-electron chi connectivity index (χ3n) is 5.70. The van der Waals surface area contributed by atoms with Gasteiger partial charge >= 0.3 is 0 Å². The normalized spacial score (nSPS) is 17.0. The molecule has 162 valence electrons. The zero-order valence-electron chi connectivity index (χ0n) is 17.6. The molecule has 0 saturated carbocycles. The second kappa shape index (κ2) is 9.16. The molecule has 0 aliphatic carbocycles. The number of pyridine rings is 1. The molecular formula is C23H25ClFN5O. The van der Waals surface area contributed by atoms with E-state index in [1.54, 1.807) is 19.2 Å². The average molecular weight is 442 g/mol. The van der Waals surface area contributed by atoms with Crippen LogP contribution in [0.2, 0.25) is 5.02 Å². The third-order valence-corrected chi connectivity index (χ3v) is 6.05. The van der Waals surface area contributed by atoms with Crippen molar-refractivity contribution in [1.82, 2.24) is 19.9 Å². The second-order valence-corrected chi connectivity index (χ2v) is 8.42. The molecule has 3 heterocycles. The number of nitrogens with one attached hydrogen (secondary N) is 2. The molecule has 6 nitrogen and oxygen atoms in total. The Morgan fingerprint density at radius 3 is 2.84 bits per heavy atom. The van der Waals surface area contributed by atoms with E-state index in [2.05, 4.69) is 25.2 Å². The van der Waals surface area contributed by atoms with Crippen molar-refractivity contribution in [2.75, 3.05) is 18.4 Å². The van der Waals surface area contributed by atoms with E-state index in [1.807, 2.05) is 19.1 Å². The van der Waals surface area contributed by atoms with Crippen LogP contribution >= 0.6 is 11.6 Å². The summed E-state index contributed by atoms with van der Waals surface area (Å²) < 4.78 is 13.3. The smallest absolute Gasteiger partial charge is 0.254 e. The van der Waals surface area contributed by atoms with Crippen LogP contribution in [0.5, 0.6) is 0 Å². The molecule has 4 rings (SSSR count). The standard InChI is InChI=1S/C23H25ClFN5O/c1-14-15(2)27-22(29-23(14)31)16-6-8-21(26-11-16)28-19-4-3-9-30(13-19)12-17-5-7-18(25)10-20(17)24/h5-8,10-11,19H,3-4,9,12-13H2,1-2H3,(H,26,28)(H,27,29,31). The number of anilines is 1. The Labute approximate surface area is 185 Å². The third kappa shape index (κ3) is 5.11. The second-order valence-electron chi connectivity index (χ2n) is 8.01. The molecule has 1 saturated heterocycles. The van der Waals surface area contributed by atoms with Gasteiger partial charge in [0.1, 0.15) is 17.5 Å². The number of likely N-dealkylation sites (tertiary alicyclic amines) is 1. The lowest BCUT2D eigenvalue weighted by Crippen LogP contribution is -2.41. The molecule has 0 radical (unpaired) electrons. The lowest BCUT2D eigenvalue weighted by atomic mass is 10.0. The first-order chi connectivity index (χ1) is 14.9. The summed E-state index contributed by atoms with van der Waals surface area (Å²) in [5.41, 5.74) is 2.90. The molecule has 2 N–H and O–H groups in total. The van der Waals surface area contributed by atoms with Crippen LogP contribution in [0, 0.1) is 19.7 Å². The summed E-state index contributed by atoms with van der Waals surface area (Å²) in [5.74, 6) is 0.982. The minimum atomic E-state index is -0.318. The number of hydrogen-bond acceptors (Lipinski definition) is 5. The topological polar surface area (TPSA) is 73.9 Å². The molecule has 1 fully saturated rings. The number of H-pyrrole nitrogens is 1. The van der Waals surface area contributed by atoms with E-state index in [9.17, 15) is 9.18 Å². The van der Waals surface area contributed by atoms with E-state index < -0.39 is 0 Å². The summed E-state index contributed by atoms with van der Waals surface area (Å²) in [6.07, 6.45) is 3.82. The van der Waals surface area contributed by atoms with Crippen LogP contribution in [0.1, 0.15) is 29.7 Å². The number of halogens is 2. The van der Waals surface area contributed by atoms with E-state index in [-0.39, 0.29) is 17.4 Å². The molecule has 1 atom stereocenters. The fraction of sp³-hybridized carbons (Fsp3) is 0.348. The van der Waals surface area contributed by atoms with Crippen LogP contribution in [0.4, 0.5) is 10.2 Å². The zero-order valence-corrected chi connectivity index (χ0v) is 18.3. The van der Waals surface area contributed by atoms with Gasteiger partial charge in [-0.05, 0) is 63.1 Å². The first-order valence-electron chi connectivity index (χ1n) is 10.4. The average Bonchev–Trinajstić information content (AvgIpc) is 2.74. The maximum absolute atomic E-state index is 13.3. The molecule has 2 aromatic heterocycles. The van der Waals surface area contributed by atoms with Gasteiger partial charge in [0.2, 0.25) is 0 Å². The zero-order chi connectivity index (χ0) is 22.0. The number of aryl methyl sites for hydroxylation is 1. The van der Waals surface area contributed by atoms with Crippen LogP contribution in [0.15, 0.2) is 41.3 Å². The van der Waals surface area contributed by atoms with Crippen molar-refractivity contribution in [1.29, 1.82) is 0 Å². The summed E-state index contributed by atoms with van der Waals surface area (Å²) in [6, 6.07) is 8.62. The first kappa shape index (κ1) is 21.5. The van der Waals surface area contributed by atoms with Crippen molar-refractivity contribution in [2.24, 2.45) is 0 Å². The Kier molecular flexibility index (Phi) is 6.34. The number of benzene rings is 1. The van der Waals surface area contributed by atoms with Gasteiger partial charge in [0.05, 0.1) is 0 Å². The van der Waals surface area contributed by atoms with Crippen LogP contribution < -0.4 is 10.9 Å². The largest absolute Gasteiger partial charge is 0.366 e. The van der Waals surface area contributed by atoms with Gasteiger partial charge in [-0.3, -0.25) is 9.69 Å². The number of rotatable bonds is 5. The van der Waals surface area contributed by atoms with Gasteiger partial charge in [0, 0.05) is 47.2 Å². The van der Waals surface area contributed by atoms with Crippen molar-refractivity contribution in [3.63, 3.8) is 0 Å². The molecule has 3 aromatic rings. The van der Waals surface area contributed by atoms with Crippen LogP contribution in [-0.4, -0.2) is 39.0 Å². The Bertz CT molecular complexity index is 1130. The van der Waals surface area contributed by atoms with E-state index in [0.29, 0.717) is 28.6 Å². The summed E-state index contributed by atoms with van der Waals surface area (Å²) in [5, 5.41) is 3.96. The van der Waals surface area contributed by atoms with Crippen molar-refractivity contribution >= 4 is 17.4 Å². The SMILES string of the molecule is Cc1nc(-c2ccc(NC3CCCN(Cc4ccc(F)cc4Cl)C3)nc2)[nH]c(=O)c1C. The van der Waals surface area contributed by atoms with Crippen molar-refractivity contribution in [2.45, 2.75) is 39.3 Å². The Balaban J connectivity index is 1.40. The minimum absolute atomic E-state index is 0.131. The lowest BCUT2D eigenvalue weighted by molar-refractivity contribution is 0.208. The number of hydrogen-bond donors (Lipinski definition) is 2. The predicted octanol–water partition coefficient (Wildman–Crippen LogP) is 4.32. The Hall–Kier alpha value is -2.77. The number of piperidine rings is 1. The fourth-order valence-corrected chi connectivity index (χ4v) is 4.05. The summed E-state index contributed by atoms with van der Waals surface area (Å²) >= 11 is 6.19. The van der Waals surface area contributed by atoms with E-state index in [0.717, 1.165) is 42.9 Å². The molecule has 1 aliphatic rings. The van der Waals surface area contributed by atoms with Gasteiger partial charge in [-0.15, -0.1) is 0 Å². The van der Waals surface area contributed by atoms with E-state index in [4.69, 9.17) is 11.6 Å². The maximum Gasteiger partial charge on any atom is 0.254 e. The lowest BCUT2D eigenvalue weighted by Gasteiger charge is -2.33. The number of nitrogens with zero attached hydrogens (tertiary/aromatic N) is 3. The minimum Gasteiger partial charge on any atom is -0.366 e. The molecule has 0 bridgehead atoms. The van der Waals surface area contributed by atoms with Gasteiger partial charge in [0.15, 0.2) is 0 Å². The highest BCUT2D eigenvalue weighted by Gasteiger charge is 2.21. The molecule has 0 spiro atoms. The van der Waals surface area contributed by atoms with Crippen molar-refractivity contribution in [3.8, 4) is 11.4 Å². The molecule has 1 aromatic carbocycles. The molecule has 8 heteroatoms. The van der Waals surface area contributed by atoms with E-state index in [1.165, 1.54) is 12.1 Å². The molecule has 31 heavy (non-hydrogen) atoms. The highest BCUT2D eigenvalue weighted by molar-refractivity contribution is 6.31. The van der Waals surface area contributed by atoms with Gasteiger partial charge in [-0.25, -0.2) is 14.4 Å². The highest BCUT2D eigenvalue weighted by Crippen LogP contribution is 2.23. The van der Waals surface area contributed by atoms with Crippen LogP contribution in [0.25, 0.3) is 11.4 Å². The Morgan fingerprint density at radius 2 is 2.13 bits per heavy atom. The van der Waals surface area contributed by atoms with Gasteiger partial charge in [0.25, 0.3) is 5.56 Å². The van der Waals surface area contributed by atoms with Crippen LogP contribution in [0.3, 0.4) is 0 Å². The molecule has 1 unspecified atom stereocenters. The summed E-state index contributed by atoms with van der Waals surface area (Å²) in [4.78, 5) is 26.1. The van der Waals surface area contributed by atoms with Gasteiger partial charge < -0.3 is 10.3 Å². The quantitative estimate of drug-likeness (QED) is 0.617. The van der Waals surface area contributed by atoms with Crippen molar-refractivity contribution in [3.05, 3.63) is 74.5 Å². The molecule has 1 aliphatic heterocycles. The van der Waals surface area contributed by atoms with Gasteiger partial charge in [-0.2, -0.15) is 0 Å². The predicted molar refractivity (Wildman–Crippen MR) is 121 cm³/mol. The summed E-state index contributed by atoms with van der Waals surface area (Å²) in [7, 11) is 0. The fourth-order valence-electron chi connectivity index (χ4n) is 3.82. The first-order valence-corrected chi connectivity index (χ1v) is 10.7. The summed E-state index contributed by atoms with van der Waals surface area (Å²) in [6.45, 7) is 6.10. The molecular weight excluding hydrogens is 417 g/mol. The maximum atomic E-state index is 13.3. The monoisotopic (exact) mass is 441 g/mol. The number of aromatic nitrogens is 3. The van der Waals surface area contributed by atoms with E-state index >= 15 is 0 Å². The van der Waals surface area contributed by atoms with Crippen molar-refractivity contribution < 1.29 is 4.39 Å². The Morgan fingerprint density at radius 1 is 1.29 bits per heavy atom. The molecule has 0 amide bonds. The number of aromatic amines is 1.